The summed E-state index contributed by atoms with van der Waals surface area (Å²) < 4.78 is 0. The smallest absolute Gasteiger partial charge is 0.0453 e. The van der Waals surface area contributed by atoms with Crippen LogP contribution < -0.4 is 5.73 Å². The topological polar surface area (TPSA) is 26.0 Å². The second-order valence-corrected chi connectivity index (χ2v) is 6.64. The van der Waals surface area contributed by atoms with Crippen LogP contribution in [0.2, 0.25) is 5.02 Å². The van der Waals surface area contributed by atoms with Crippen molar-refractivity contribution in [2.75, 3.05) is 0 Å². The van der Waals surface area contributed by atoms with E-state index >= 15 is 0 Å². The summed E-state index contributed by atoms with van der Waals surface area (Å²) in [5.41, 5.74) is 7.66. The van der Waals surface area contributed by atoms with E-state index in [-0.39, 0.29) is 6.04 Å². The molecule has 17 heavy (non-hydrogen) atoms. The van der Waals surface area contributed by atoms with Gasteiger partial charge in [0.15, 0.2) is 0 Å². The van der Waals surface area contributed by atoms with Crippen LogP contribution in [0, 0.1) is 11.3 Å². The van der Waals surface area contributed by atoms with E-state index in [0.717, 1.165) is 17.0 Å². The fourth-order valence-corrected chi connectivity index (χ4v) is 2.74. The van der Waals surface area contributed by atoms with Gasteiger partial charge in [-0.1, -0.05) is 57.5 Å². The van der Waals surface area contributed by atoms with Gasteiger partial charge in [-0.15, -0.1) is 0 Å². The molecule has 0 bridgehead atoms. The van der Waals surface area contributed by atoms with Gasteiger partial charge in [-0.25, -0.2) is 0 Å². The Morgan fingerprint density at radius 1 is 1.24 bits per heavy atom. The molecule has 0 aliphatic heterocycles. The molecule has 1 aromatic rings. The summed E-state index contributed by atoms with van der Waals surface area (Å²) in [6, 6.07) is 7.91. The van der Waals surface area contributed by atoms with E-state index in [9.17, 15) is 0 Å². The van der Waals surface area contributed by atoms with E-state index in [0.29, 0.717) is 11.3 Å². The third-order valence-corrected chi connectivity index (χ3v) is 3.27. The second-order valence-electron chi connectivity index (χ2n) is 6.23. The highest BCUT2D eigenvalue weighted by molar-refractivity contribution is 6.31. The normalized spacial score (nSPS) is 15.6. The lowest BCUT2D eigenvalue weighted by Crippen LogP contribution is -2.18. The summed E-state index contributed by atoms with van der Waals surface area (Å²) in [4.78, 5) is 0. The molecule has 1 nitrogen and oxygen atoms in total. The monoisotopic (exact) mass is 253 g/mol. The first kappa shape index (κ1) is 14.5. The van der Waals surface area contributed by atoms with Crippen LogP contribution in [0.1, 0.15) is 52.1 Å². The third-order valence-electron chi connectivity index (χ3n) is 2.92. The van der Waals surface area contributed by atoms with Crippen LogP contribution in [-0.4, -0.2) is 0 Å². The maximum Gasteiger partial charge on any atom is 0.0453 e. The lowest BCUT2D eigenvalue weighted by Gasteiger charge is -2.25. The fourth-order valence-electron chi connectivity index (χ4n) is 2.46. The Bertz CT molecular complexity index is 354. The van der Waals surface area contributed by atoms with Gasteiger partial charge in [0.05, 0.1) is 0 Å². The van der Waals surface area contributed by atoms with E-state index in [4.69, 9.17) is 17.3 Å². The van der Waals surface area contributed by atoms with Crippen LogP contribution in [0.25, 0.3) is 0 Å². The Labute approximate surface area is 110 Å². The van der Waals surface area contributed by atoms with Crippen LogP contribution in [0.15, 0.2) is 24.3 Å². The Morgan fingerprint density at radius 2 is 1.82 bits per heavy atom. The fraction of sp³-hybridized carbons (Fsp3) is 0.600. The molecule has 1 rings (SSSR count). The molecule has 0 radical (unpaired) electrons. The number of hydrogen-bond donors (Lipinski definition) is 1. The van der Waals surface area contributed by atoms with Crippen molar-refractivity contribution in [3.63, 3.8) is 0 Å². The standard InChI is InChI=1S/C15H24ClN/c1-11(10-15(2,3)4)9-14(17)12-7-5-6-8-13(12)16/h5-8,11,14H,9-10,17H2,1-4H3. The average Bonchev–Trinajstić information content (AvgIpc) is 2.14. The third kappa shape index (κ3) is 5.10. The van der Waals surface area contributed by atoms with Crippen molar-refractivity contribution in [1.82, 2.24) is 0 Å². The molecule has 2 heteroatoms. The zero-order valence-corrected chi connectivity index (χ0v) is 12.1. The summed E-state index contributed by atoms with van der Waals surface area (Å²) in [6.07, 6.45) is 2.17. The molecule has 0 spiro atoms. The molecule has 0 aliphatic rings. The molecule has 0 saturated heterocycles. The van der Waals surface area contributed by atoms with E-state index in [1.807, 2.05) is 24.3 Å². The maximum atomic E-state index is 6.23. The van der Waals surface area contributed by atoms with Gasteiger partial charge < -0.3 is 5.73 Å². The Morgan fingerprint density at radius 3 is 2.35 bits per heavy atom. The van der Waals surface area contributed by atoms with Crippen molar-refractivity contribution in [3.05, 3.63) is 34.9 Å². The number of nitrogens with two attached hydrogens (primary N) is 1. The highest BCUT2D eigenvalue weighted by atomic mass is 35.5. The van der Waals surface area contributed by atoms with Crippen molar-refractivity contribution in [2.45, 2.75) is 46.6 Å². The van der Waals surface area contributed by atoms with Gasteiger partial charge in [0.1, 0.15) is 0 Å². The Kier molecular flexibility index (Phi) is 5.03. The first-order chi connectivity index (χ1) is 7.79. The van der Waals surface area contributed by atoms with Gasteiger partial charge in [-0.3, -0.25) is 0 Å². The molecule has 2 atom stereocenters. The number of halogens is 1. The number of rotatable bonds is 4. The maximum absolute atomic E-state index is 6.23. The van der Waals surface area contributed by atoms with E-state index in [1.54, 1.807) is 0 Å². The number of hydrogen-bond acceptors (Lipinski definition) is 1. The summed E-state index contributed by atoms with van der Waals surface area (Å²) >= 11 is 6.16. The molecule has 96 valence electrons. The molecule has 0 saturated carbocycles. The van der Waals surface area contributed by atoms with Gasteiger partial charge >= 0.3 is 0 Å². The molecule has 0 heterocycles. The molecule has 0 amide bonds. The lowest BCUT2D eigenvalue weighted by molar-refractivity contribution is 0.286. The van der Waals surface area contributed by atoms with E-state index < -0.39 is 0 Å². The van der Waals surface area contributed by atoms with Crippen LogP contribution >= 0.6 is 11.6 Å². The van der Waals surface area contributed by atoms with Gasteiger partial charge in [0.25, 0.3) is 0 Å². The minimum absolute atomic E-state index is 0.0426. The largest absolute Gasteiger partial charge is 0.324 e. The molecule has 0 aromatic heterocycles. The highest BCUT2D eigenvalue weighted by Gasteiger charge is 2.19. The highest BCUT2D eigenvalue weighted by Crippen LogP contribution is 2.31. The summed E-state index contributed by atoms with van der Waals surface area (Å²) in [6.45, 7) is 9.07. The molecule has 2 N–H and O–H groups in total. The predicted octanol–water partition coefficient (Wildman–Crippen LogP) is 4.80. The van der Waals surface area contributed by atoms with Crippen LogP contribution in [-0.2, 0) is 0 Å². The first-order valence-corrected chi connectivity index (χ1v) is 6.67. The minimum atomic E-state index is 0.0426. The molecule has 0 fully saturated rings. The average molecular weight is 254 g/mol. The molecule has 2 unspecified atom stereocenters. The van der Waals surface area contributed by atoms with Gasteiger partial charge in [-0.05, 0) is 35.8 Å². The lowest BCUT2D eigenvalue weighted by atomic mass is 9.82. The van der Waals surface area contributed by atoms with Crippen LogP contribution in [0.5, 0.6) is 0 Å². The zero-order chi connectivity index (χ0) is 13.1. The molecular weight excluding hydrogens is 230 g/mol. The van der Waals surface area contributed by atoms with Crippen molar-refractivity contribution in [2.24, 2.45) is 17.1 Å². The molecule has 1 aromatic carbocycles. The predicted molar refractivity (Wildman–Crippen MR) is 76.2 cm³/mol. The summed E-state index contributed by atoms with van der Waals surface area (Å²) in [5.74, 6) is 0.612. The van der Waals surface area contributed by atoms with Crippen molar-refractivity contribution < 1.29 is 0 Å². The van der Waals surface area contributed by atoms with Crippen LogP contribution in [0.4, 0.5) is 0 Å². The Hall–Kier alpha value is -0.530. The van der Waals surface area contributed by atoms with E-state index in [2.05, 4.69) is 27.7 Å². The zero-order valence-electron chi connectivity index (χ0n) is 11.3. The molecule has 0 aliphatic carbocycles. The van der Waals surface area contributed by atoms with Gasteiger partial charge in [0.2, 0.25) is 0 Å². The van der Waals surface area contributed by atoms with Crippen molar-refractivity contribution in [3.8, 4) is 0 Å². The number of benzene rings is 1. The SMILES string of the molecule is CC(CC(N)c1ccccc1Cl)CC(C)(C)C. The van der Waals surface area contributed by atoms with Crippen LogP contribution in [0.3, 0.4) is 0 Å². The second kappa shape index (κ2) is 5.88. The van der Waals surface area contributed by atoms with Crippen molar-refractivity contribution in [1.29, 1.82) is 0 Å². The first-order valence-electron chi connectivity index (χ1n) is 6.29. The van der Waals surface area contributed by atoms with E-state index in [1.165, 1.54) is 6.42 Å². The minimum Gasteiger partial charge on any atom is -0.324 e. The Balaban J connectivity index is 2.61. The summed E-state index contributed by atoms with van der Waals surface area (Å²) in [7, 11) is 0. The van der Waals surface area contributed by atoms with Crippen molar-refractivity contribution >= 4 is 11.6 Å². The van der Waals surface area contributed by atoms with Gasteiger partial charge in [-0.2, -0.15) is 0 Å². The molecular formula is C15H24ClN. The quantitative estimate of drug-likeness (QED) is 0.819. The van der Waals surface area contributed by atoms with Gasteiger partial charge in [0, 0.05) is 11.1 Å². The summed E-state index contributed by atoms with van der Waals surface area (Å²) in [5, 5.41) is 0.781.